The predicted molar refractivity (Wildman–Crippen MR) is 112 cm³/mol. The van der Waals surface area contributed by atoms with E-state index in [2.05, 4.69) is 51.1 Å². The Balaban J connectivity index is 1.61. The minimum atomic E-state index is 0.255. The second-order valence-electron chi connectivity index (χ2n) is 6.84. The Labute approximate surface area is 164 Å². The van der Waals surface area contributed by atoms with Crippen molar-refractivity contribution in [1.82, 2.24) is 14.9 Å². The Morgan fingerprint density at radius 3 is 2.19 bits per heavy atom. The molecule has 0 aliphatic carbocycles. The van der Waals surface area contributed by atoms with Crippen LogP contribution in [0.4, 0.5) is 11.6 Å². The highest BCUT2D eigenvalue weighted by Gasteiger charge is 2.14. The van der Waals surface area contributed by atoms with Crippen LogP contribution in [-0.4, -0.2) is 48.1 Å². The van der Waals surface area contributed by atoms with Crippen LogP contribution in [0.1, 0.15) is 0 Å². The molecule has 1 aliphatic heterocycles. The summed E-state index contributed by atoms with van der Waals surface area (Å²) in [5.41, 5.74) is 10.7. The van der Waals surface area contributed by atoms with Crippen LogP contribution in [-0.2, 0) is 0 Å². The summed E-state index contributed by atoms with van der Waals surface area (Å²) in [7, 11) is 2.16. The maximum Gasteiger partial charge on any atom is 0.221 e. The number of nitrogen functional groups attached to an aromatic ring is 1. The van der Waals surface area contributed by atoms with Crippen molar-refractivity contribution in [3.63, 3.8) is 0 Å². The normalized spacial score (nSPS) is 15.1. The fourth-order valence-corrected chi connectivity index (χ4v) is 3.51. The Kier molecular flexibility index (Phi) is 4.97. The fourth-order valence-electron chi connectivity index (χ4n) is 3.32. The Morgan fingerprint density at radius 2 is 1.52 bits per heavy atom. The minimum Gasteiger partial charge on any atom is -0.369 e. The van der Waals surface area contributed by atoms with E-state index in [0.29, 0.717) is 5.02 Å². The zero-order chi connectivity index (χ0) is 18.8. The third-order valence-corrected chi connectivity index (χ3v) is 5.13. The molecule has 0 bridgehead atoms. The molecule has 2 N–H and O–H groups in total. The van der Waals surface area contributed by atoms with Gasteiger partial charge in [0.15, 0.2) is 0 Å². The van der Waals surface area contributed by atoms with Crippen molar-refractivity contribution in [1.29, 1.82) is 0 Å². The van der Waals surface area contributed by atoms with Crippen molar-refractivity contribution in [2.24, 2.45) is 0 Å². The number of anilines is 2. The Morgan fingerprint density at radius 1 is 0.852 bits per heavy atom. The van der Waals surface area contributed by atoms with Crippen molar-refractivity contribution in [2.45, 2.75) is 0 Å². The van der Waals surface area contributed by atoms with E-state index in [-0.39, 0.29) is 5.95 Å². The van der Waals surface area contributed by atoms with E-state index in [1.165, 1.54) is 5.69 Å². The topological polar surface area (TPSA) is 58.3 Å². The number of likely N-dealkylation sites (N-methyl/N-ethyl adjacent to an activating group) is 1. The van der Waals surface area contributed by atoms with Gasteiger partial charge in [0.2, 0.25) is 5.95 Å². The van der Waals surface area contributed by atoms with Gasteiger partial charge in [-0.3, -0.25) is 0 Å². The summed E-state index contributed by atoms with van der Waals surface area (Å²) < 4.78 is 0. The van der Waals surface area contributed by atoms with Crippen molar-refractivity contribution in [2.75, 3.05) is 43.9 Å². The van der Waals surface area contributed by atoms with E-state index in [0.717, 1.165) is 48.7 Å². The molecule has 0 saturated carbocycles. The SMILES string of the molecule is CN1CCN(c2ccc(-c3cc(-c4cccc(Cl)c4)nc(N)n3)cc2)CC1. The second-order valence-corrected chi connectivity index (χ2v) is 7.28. The minimum absolute atomic E-state index is 0.255. The Bertz CT molecular complexity index is 934. The molecule has 0 amide bonds. The van der Waals surface area contributed by atoms with Gasteiger partial charge >= 0.3 is 0 Å². The highest BCUT2D eigenvalue weighted by Crippen LogP contribution is 2.27. The number of halogens is 1. The van der Waals surface area contributed by atoms with E-state index in [4.69, 9.17) is 17.3 Å². The molecule has 0 atom stereocenters. The van der Waals surface area contributed by atoms with Crippen LogP contribution in [0, 0.1) is 0 Å². The zero-order valence-electron chi connectivity index (χ0n) is 15.3. The number of piperazine rings is 1. The third kappa shape index (κ3) is 4.04. The smallest absolute Gasteiger partial charge is 0.221 e. The monoisotopic (exact) mass is 379 g/mol. The summed E-state index contributed by atoms with van der Waals surface area (Å²) in [5.74, 6) is 0.255. The first-order valence-corrected chi connectivity index (χ1v) is 9.41. The van der Waals surface area contributed by atoms with E-state index in [1.54, 1.807) is 0 Å². The van der Waals surface area contributed by atoms with E-state index in [9.17, 15) is 0 Å². The van der Waals surface area contributed by atoms with Crippen molar-refractivity contribution < 1.29 is 0 Å². The number of nitrogens with zero attached hydrogens (tertiary/aromatic N) is 4. The third-order valence-electron chi connectivity index (χ3n) is 4.90. The molecule has 0 unspecified atom stereocenters. The highest BCUT2D eigenvalue weighted by atomic mass is 35.5. The van der Waals surface area contributed by atoms with Gasteiger partial charge in [0, 0.05) is 48.0 Å². The van der Waals surface area contributed by atoms with Crippen LogP contribution >= 0.6 is 11.6 Å². The van der Waals surface area contributed by atoms with Gasteiger partial charge in [0.05, 0.1) is 11.4 Å². The predicted octanol–water partition coefficient (Wildman–Crippen LogP) is 3.80. The molecule has 5 nitrogen and oxygen atoms in total. The van der Waals surface area contributed by atoms with E-state index < -0.39 is 0 Å². The molecule has 1 fully saturated rings. The van der Waals surface area contributed by atoms with Gasteiger partial charge in [0.1, 0.15) is 0 Å². The molecule has 2 heterocycles. The van der Waals surface area contributed by atoms with Crippen molar-refractivity contribution in [3.8, 4) is 22.5 Å². The van der Waals surface area contributed by atoms with Crippen LogP contribution in [0.3, 0.4) is 0 Å². The van der Waals surface area contributed by atoms with Crippen LogP contribution in [0.15, 0.2) is 54.6 Å². The molecule has 1 saturated heterocycles. The molecule has 0 radical (unpaired) electrons. The number of benzene rings is 2. The van der Waals surface area contributed by atoms with Gasteiger partial charge < -0.3 is 15.5 Å². The van der Waals surface area contributed by atoms with Gasteiger partial charge in [0.25, 0.3) is 0 Å². The lowest BCUT2D eigenvalue weighted by molar-refractivity contribution is 0.313. The summed E-state index contributed by atoms with van der Waals surface area (Å²) in [6.45, 7) is 4.28. The van der Waals surface area contributed by atoms with E-state index >= 15 is 0 Å². The maximum absolute atomic E-state index is 6.11. The fraction of sp³-hybridized carbons (Fsp3) is 0.238. The van der Waals surface area contributed by atoms with Gasteiger partial charge in [-0.05, 0) is 37.4 Å². The number of hydrogen-bond acceptors (Lipinski definition) is 5. The Hall–Kier alpha value is -2.63. The summed E-state index contributed by atoms with van der Waals surface area (Å²) in [4.78, 5) is 13.5. The average Bonchev–Trinajstić information content (AvgIpc) is 2.68. The molecule has 1 aliphatic rings. The first kappa shape index (κ1) is 17.8. The van der Waals surface area contributed by atoms with Crippen molar-refractivity contribution in [3.05, 3.63) is 59.6 Å². The second kappa shape index (κ2) is 7.55. The molecule has 3 aromatic rings. The zero-order valence-corrected chi connectivity index (χ0v) is 16.0. The number of aromatic nitrogens is 2. The number of rotatable bonds is 3. The molecule has 2 aromatic carbocycles. The van der Waals surface area contributed by atoms with Gasteiger partial charge in [-0.2, -0.15) is 0 Å². The summed E-state index contributed by atoms with van der Waals surface area (Å²) in [6, 6.07) is 18.0. The number of nitrogens with two attached hydrogens (primary N) is 1. The quantitative estimate of drug-likeness (QED) is 0.750. The molecular formula is C21H22ClN5. The lowest BCUT2D eigenvalue weighted by Gasteiger charge is -2.34. The highest BCUT2D eigenvalue weighted by molar-refractivity contribution is 6.30. The van der Waals surface area contributed by atoms with Gasteiger partial charge in [-0.1, -0.05) is 35.9 Å². The average molecular weight is 380 g/mol. The van der Waals surface area contributed by atoms with Gasteiger partial charge in [-0.15, -0.1) is 0 Å². The molecule has 1 aromatic heterocycles. The van der Waals surface area contributed by atoms with Crippen LogP contribution in [0.25, 0.3) is 22.5 Å². The molecular weight excluding hydrogens is 358 g/mol. The summed E-state index contributed by atoms with van der Waals surface area (Å²) >= 11 is 6.11. The largest absolute Gasteiger partial charge is 0.369 e. The first-order chi connectivity index (χ1) is 13.1. The van der Waals surface area contributed by atoms with Crippen LogP contribution in [0.2, 0.25) is 5.02 Å². The molecule has 4 rings (SSSR count). The molecule has 27 heavy (non-hydrogen) atoms. The lowest BCUT2D eigenvalue weighted by Crippen LogP contribution is -2.44. The first-order valence-electron chi connectivity index (χ1n) is 9.03. The van der Waals surface area contributed by atoms with Crippen LogP contribution in [0.5, 0.6) is 0 Å². The van der Waals surface area contributed by atoms with Gasteiger partial charge in [-0.25, -0.2) is 9.97 Å². The lowest BCUT2D eigenvalue weighted by atomic mass is 10.1. The van der Waals surface area contributed by atoms with Crippen LogP contribution < -0.4 is 10.6 Å². The molecule has 0 spiro atoms. The summed E-state index contributed by atoms with van der Waals surface area (Å²) in [5, 5.41) is 0.669. The molecule has 138 valence electrons. The van der Waals surface area contributed by atoms with Crippen molar-refractivity contribution >= 4 is 23.2 Å². The molecule has 6 heteroatoms. The number of hydrogen-bond donors (Lipinski definition) is 1. The van der Waals surface area contributed by atoms with E-state index in [1.807, 2.05) is 30.3 Å². The standard InChI is InChI=1S/C21H22ClN5/c1-26-9-11-27(12-10-26)18-7-5-15(6-8-18)19-14-20(25-21(23)24-19)16-3-2-4-17(22)13-16/h2-8,13-14H,9-12H2,1H3,(H2,23,24,25). The maximum atomic E-state index is 6.11. The summed E-state index contributed by atoms with van der Waals surface area (Å²) in [6.07, 6.45) is 0.